The van der Waals surface area contributed by atoms with Gasteiger partial charge in [0.15, 0.2) is 0 Å². The fourth-order valence-corrected chi connectivity index (χ4v) is 6.55. The molecule has 1 aliphatic rings. The normalized spacial score (nSPS) is 13.1. The first-order valence-corrected chi connectivity index (χ1v) is 12.4. The van der Waals surface area contributed by atoms with Crippen molar-refractivity contribution >= 4 is 61.2 Å². The molecule has 2 aromatic carbocycles. The number of nitrogens with one attached hydrogen (secondary N) is 1. The monoisotopic (exact) mass is 481 g/mol. The first-order valence-electron chi connectivity index (χ1n) is 10.4. The zero-order valence-electron chi connectivity index (χ0n) is 17.4. The summed E-state index contributed by atoms with van der Waals surface area (Å²) >= 11 is 9.13. The molecule has 2 heterocycles. The number of halogens is 1. The molecule has 7 heteroatoms. The molecule has 1 N–H and O–H groups in total. The highest BCUT2D eigenvalue weighted by atomic mass is 35.5. The van der Waals surface area contributed by atoms with Crippen molar-refractivity contribution in [1.29, 1.82) is 0 Å². The summed E-state index contributed by atoms with van der Waals surface area (Å²) < 4.78 is 6.00. The van der Waals surface area contributed by atoms with Crippen molar-refractivity contribution in [3.05, 3.63) is 74.4 Å². The molecule has 32 heavy (non-hydrogen) atoms. The number of ether oxygens (including phenoxy) is 1. The van der Waals surface area contributed by atoms with E-state index in [1.165, 1.54) is 53.8 Å². The average Bonchev–Trinajstić information content (AvgIpc) is 3.39. The molecule has 0 fully saturated rings. The number of hydrogen-bond acceptors (Lipinski definition) is 5. The first-order chi connectivity index (χ1) is 15.6. The topological polar surface area (TPSA) is 55.4 Å². The zero-order valence-corrected chi connectivity index (χ0v) is 19.8. The van der Waals surface area contributed by atoms with Crippen LogP contribution in [0.3, 0.4) is 0 Å². The van der Waals surface area contributed by atoms with Gasteiger partial charge < -0.3 is 10.1 Å². The highest BCUT2D eigenvalue weighted by molar-refractivity contribution is 7.22. The van der Waals surface area contributed by atoms with Gasteiger partial charge in [0.25, 0.3) is 5.91 Å². The Morgan fingerprint density at radius 1 is 1.06 bits per heavy atom. The predicted octanol–water partition coefficient (Wildman–Crippen LogP) is 7.20. The summed E-state index contributed by atoms with van der Waals surface area (Å²) in [5, 5.41) is 6.53. The Labute approximate surface area is 198 Å². The number of amides is 1. The SMILES string of the molecule is COC(=O)c1c(-c2ccc3c(c2)CCCC3)csc1NC(=O)c1sc2ccccc2c1Cl. The van der Waals surface area contributed by atoms with Gasteiger partial charge in [-0.15, -0.1) is 22.7 Å². The Morgan fingerprint density at radius 2 is 1.84 bits per heavy atom. The van der Waals surface area contributed by atoms with E-state index in [4.69, 9.17) is 16.3 Å². The lowest BCUT2D eigenvalue weighted by Crippen LogP contribution is -2.13. The van der Waals surface area contributed by atoms with E-state index in [1.54, 1.807) is 0 Å². The highest BCUT2D eigenvalue weighted by Crippen LogP contribution is 2.40. The van der Waals surface area contributed by atoms with E-state index in [-0.39, 0.29) is 5.91 Å². The van der Waals surface area contributed by atoms with Gasteiger partial charge in [0.2, 0.25) is 0 Å². The van der Waals surface area contributed by atoms with E-state index in [0.717, 1.165) is 34.1 Å². The lowest BCUT2D eigenvalue weighted by atomic mass is 9.89. The molecule has 0 spiro atoms. The first kappa shape index (κ1) is 21.2. The van der Waals surface area contributed by atoms with Gasteiger partial charge in [0.1, 0.15) is 15.4 Å². The molecule has 0 atom stereocenters. The molecule has 1 amide bonds. The number of aryl methyl sites for hydroxylation is 2. The number of thiophene rings is 2. The number of anilines is 1. The molecule has 0 saturated heterocycles. The van der Waals surface area contributed by atoms with E-state index in [0.29, 0.717) is 20.5 Å². The minimum Gasteiger partial charge on any atom is -0.465 e. The predicted molar refractivity (Wildman–Crippen MR) is 133 cm³/mol. The Kier molecular flexibility index (Phi) is 5.76. The van der Waals surface area contributed by atoms with Crippen LogP contribution >= 0.6 is 34.3 Å². The van der Waals surface area contributed by atoms with Gasteiger partial charge in [0.05, 0.1) is 12.1 Å². The van der Waals surface area contributed by atoms with Gasteiger partial charge in [-0.05, 0) is 48.4 Å². The Hall–Kier alpha value is -2.67. The highest BCUT2D eigenvalue weighted by Gasteiger charge is 2.25. The lowest BCUT2D eigenvalue weighted by molar-refractivity contribution is 0.0603. The van der Waals surface area contributed by atoms with Gasteiger partial charge in [0, 0.05) is 21.0 Å². The van der Waals surface area contributed by atoms with Crippen LogP contribution in [-0.2, 0) is 17.6 Å². The number of carbonyl (C=O) groups is 2. The van der Waals surface area contributed by atoms with Gasteiger partial charge in [-0.25, -0.2) is 4.79 Å². The quantitative estimate of drug-likeness (QED) is 0.313. The smallest absolute Gasteiger partial charge is 0.341 e. The van der Waals surface area contributed by atoms with Crippen molar-refractivity contribution < 1.29 is 14.3 Å². The largest absolute Gasteiger partial charge is 0.465 e. The number of esters is 1. The van der Waals surface area contributed by atoms with E-state index in [9.17, 15) is 9.59 Å². The fourth-order valence-electron chi connectivity index (χ4n) is 4.19. The van der Waals surface area contributed by atoms with Crippen LogP contribution in [0, 0.1) is 0 Å². The second-order valence-corrected chi connectivity index (χ2v) is 10.0. The summed E-state index contributed by atoms with van der Waals surface area (Å²) in [6, 6.07) is 14.0. The van der Waals surface area contributed by atoms with E-state index in [2.05, 4.69) is 17.4 Å². The van der Waals surface area contributed by atoms with E-state index in [1.807, 2.05) is 35.7 Å². The minimum absolute atomic E-state index is 0.333. The van der Waals surface area contributed by atoms with Crippen molar-refractivity contribution in [2.75, 3.05) is 12.4 Å². The standard InChI is InChI=1S/C25H20ClNO3S2/c1-30-25(29)20-18(16-11-10-14-6-2-3-7-15(14)12-16)13-31-24(20)27-23(28)22-21(26)17-8-4-5-9-19(17)32-22/h4-5,8-13H,2-3,6-7H2,1H3,(H,27,28). The number of hydrogen-bond donors (Lipinski definition) is 1. The number of rotatable bonds is 4. The molecule has 0 saturated carbocycles. The maximum absolute atomic E-state index is 13.1. The van der Waals surface area contributed by atoms with Crippen molar-refractivity contribution in [3.63, 3.8) is 0 Å². The minimum atomic E-state index is -0.475. The lowest BCUT2D eigenvalue weighted by Gasteiger charge is -2.16. The maximum Gasteiger partial charge on any atom is 0.341 e. The molecule has 162 valence electrons. The van der Waals surface area contributed by atoms with E-state index >= 15 is 0 Å². The zero-order chi connectivity index (χ0) is 22.2. The molecule has 1 aliphatic carbocycles. The van der Waals surface area contributed by atoms with Crippen molar-refractivity contribution in [2.45, 2.75) is 25.7 Å². The third-order valence-electron chi connectivity index (χ3n) is 5.81. The Balaban J connectivity index is 1.52. The maximum atomic E-state index is 13.1. The third kappa shape index (κ3) is 3.72. The van der Waals surface area contributed by atoms with E-state index < -0.39 is 5.97 Å². The van der Waals surface area contributed by atoms with Crippen LogP contribution in [0.1, 0.15) is 44.0 Å². The average molecular weight is 482 g/mol. The summed E-state index contributed by atoms with van der Waals surface area (Å²) in [4.78, 5) is 26.2. The van der Waals surface area contributed by atoms with Crippen LogP contribution < -0.4 is 5.32 Å². The van der Waals surface area contributed by atoms with Gasteiger partial charge >= 0.3 is 5.97 Å². The van der Waals surface area contributed by atoms with Crippen LogP contribution in [0.15, 0.2) is 47.8 Å². The number of methoxy groups -OCH3 is 1. The third-order valence-corrected chi connectivity index (χ3v) is 8.38. The Bertz CT molecular complexity index is 1350. The number of benzene rings is 2. The van der Waals surface area contributed by atoms with Crippen molar-refractivity contribution in [1.82, 2.24) is 0 Å². The summed E-state index contributed by atoms with van der Waals surface area (Å²) in [7, 11) is 1.35. The number of fused-ring (bicyclic) bond motifs is 2. The summed E-state index contributed by atoms with van der Waals surface area (Å²) in [6.07, 6.45) is 4.55. The van der Waals surface area contributed by atoms with Gasteiger partial charge in [-0.1, -0.05) is 48.0 Å². The van der Waals surface area contributed by atoms with Crippen molar-refractivity contribution in [2.24, 2.45) is 0 Å². The van der Waals surface area contributed by atoms with Crippen molar-refractivity contribution in [3.8, 4) is 11.1 Å². The molecule has 0 bridgehead atoms. The van der Waals surface area contributed by atoms with Crippen LogP contribution in [0.5, 0.6) is 0 Å². The Morgan fingerprint density at radius 3 is 2.62 bits per heavy atom. The van der Waals surface area contributed by atoms with Crippen LogP contribution in [0.25, 0.3) is 21.2 Å². The second kappa shape index (κ2) is 8.70. The molecule has 0 unspecified atom stereocenters. The molecule has 5 rings (SSSR count). The molecule has 4 aromatic rings. The molecular formula is C25H20ClNO3S2. The molecule has 0 radical (unpaired) electrons. The molecular weight excluding hydrogens is 462 g/mol. The van der Waals surface area contributed by atoms with Crippen LogP contribution in [-0.4, -0.2) is 19.0 Å². The summed E-state index contributed by atoms with van der Waals surface area (Å²) in [6.45, 7) is 0. The molecule has 4 nitrogen and oxygen atoms in total. The fraction of sp³-hybridized carbons (Fsp3) is 0.200. The second-order valence-electron chi connectivity index (χ2n) is 7.73. The molecule has 2 aromatic heterocycles. The number of carbonyl (C=O) groups excluding carboxylic acids is 2. The van der Waals surface area contributed by atoms with Gasteiger partial charge in [-0.3, -0.25) is 4.79 Å². The van der Waals surface area contributed by atoms with Crippen LogP contribution in [0.2, 0.25) is 5.02 Å². The summed E-state index contributed by atoms with van der Waals surface area (Å²) in [5.41, 5.74) is 4.82. The summed E-state index contributed by atoms with van der Waals surface area (Å²) in [5.74, 6) is -0.808. The van der Waals surface area contributed by atoms with Gasteiger partial charge in [-0.2, -0.15) is 0 Å². The molecule has 0 aliphatic heterocycles. The van der Waals surface area contributed by atoms with Crippen LogP contribution in [0.4, 0.5) is 5.00 Å².